The molecule has 0 bridgehead atoms. The zero-order valence-electron chi connectivity index (χ0n) is 43.9. The molecule has 2 aliphatic heterocycles. The fourth-order valence-corrected chi connectivity index (χ4v) is 11.9. The zero-order valence-corrected chi connectivity index (χ0v) is 46.1. The molecule has 1 spiro atoms. The maximum absolute atomic E-state index is 7.01. The van der Waals surface area contributed by atoms with Crippen molar-refractivity contribution in [3.63, 3.8) is 0 Å². The van der Waals surface area contributed by atoms with Gasteiger partial charge < -0.3 is 19.1 Å². The summed E-state index contributed by atoms with van der Waals surface area (Å²) in [7, 11) is 2.16. The van der Waals surface area contributed by atoms with Crippen molar-refractivity contribution in [1.29, 1.82) is 0 Å². The number of aromatic nitrogens is 2. The third-order valence-electron chi connectivity index (χ3n) is 15.4. The van der Waals surface area contributed by atoms with Gasteiger partial charge in [-0.2, -0.15) is 18.8 Å². The number of fused-ring (bicyclic) bond motifs is 12. The van der Waals surface area contributed by atoms with Crippen molar-refractivity contribution in [3.8, 4) is 39.6 Å². The van der Waals surface area contributed by atoms with Crippen molar-refractivity contribution in [2.75, 3.05) is 16.8 Å². The molecule has 4 heterocycles. The second-order valence-corrected chi connectivity index (χ2v) is 24.3. The third-order valence-corrected chi connectivity index (χ3v) is 15.4. The molecule has 0 amide bonds. The van der Waals surface area contributed by atoms with Gasteiger partial charge in [0, 0.05) is 61.1 Å². The van der Waals surface area contributed by atoms with Gasteiger partial charge in [0.25, 0.3) is 0 Å². The summed E-state index contributed by atoms with van der Waals surface area (Å²) in [5.41, 5.74) is 19.8. The van der Waals surface area contributed by atoms with Crippen molar-refractivity contribution in [3.05, 3.63) is 203 Å². The Morgan fingerprint density at radius 1 is 0.556 bits per heavy atom. The molecule has 0 atom stereocenters. The fraction of sp³-hybridized carbons (Fsp3) is 0.273. The van der Waals surface area contributed by atoms with Gasteiger partial charge in [0.1, 0.15) is 5.82 Å². The molecule has 366 valence electrons. The summed E-state index contributed by atoms with van der Waals surface area (Å²) in [6.45, 7) is 30.8. The first-order chi connectivity index (χ1) is 33.6. The van der Waals surface area contributed by atoms with Crippen LogP contribution in [0.15, 0.2) is 140 Å². The van der Waals surface area contributed by atoms with Crippen LogP contribution in [0.2, 0.25) is 0 Å². The maximum Gasteiger partial charge on any atom is 0.136 e. The second kappa shape index (κ2) is 16.3. The quantitative estimate of drug-likeness (QED) is 0.165. The van der Waals surface area contributed by atoms with Gasteiger partial charge in [-0.25, -0.2) is 4.98 Å². The number of anilines is 3. The first-order valence-corrected chi connectivity index (χ1v) is 25.3. The first kappa shape index (κ1) is 47.9. The van der Waals surface area contributed by atoms with Crippen LogP contribution in [-0.4, -0.2) is 16.6 Å². The number of nitrogens with zero attached hydrogens (tertiary/aromatic N) is 4. The summed E-state index contributed by atoms with van der Waals surface area (Å²) >= 11 is 0. The van der Waals surface area contributed by atoms with Crippen molar-refractivity contribution in [2.45, 2.75) is 110 Å². The van der Waals surface area contributed by atoms with Crippen LogP contribution in [0.25, 0.3) is 49.9 Å². The molecule has 2 aromatic heterocycles. The summed E-state index contributed by atoms with van der Waals surface area (Å²) in [5, 5.41) is 2.22. The molecule has 5 nitrogen and oxygen atoms in total. The number of rotatable bonds is 4. The maximum atomic E-state index is 7.01. The molecular weight excluding hydrogens is 1060 g/mol. The zero-order chi connectivity index (χ0) is 49.7. The molecule has 0 saturated heterocycles. The minimum absolute atomic E-state index is 0. The first-order valence-electron chi connectivity index (χ1n) is 25.3. The molecule has 0 N–H and O–H groups in total. The summed E-state index contributed by atoms with van der Waals surface area (Å²) in [6, 6.07) is 56.7. The Labute approximate surface area is 441 Å². The SMILES string of the molecule is CN1[CH-]N2c3[c-]c(Oc4[c-]c5c(cc4)c4ccccc4n5-c4cc(-c5ccccc5)ccn4)ccc3C3(c4cccc1c42)c1c(cc(C(C)(C)C)cc1C(C)(C)C)-c1cc(C(C)(C)C)cc(C(C)(C)C)c13.[Pt]. The normalized spacial score (nSPS) is 14.6. The Hall–Kier alpha value is -6.42. The minimum Gasteiger partial charge on any atom is -0.509 e. The third kappa shape index (κ3) is 7.15. The number of para-hydroxylation sites is 2. The van der Waals surface area contributed by atoms with Crippen LogP contribution >= 0.6 is 0 Å². The van der Waals surface area contributed by atoms with Gasteiger partial charge in [-0.3, -0.25) is 0 Å². The predicted octanol–water partition coefficient (Wildman–Crippen LogP) is 16.8. The van der Waals surface area contributed by atoms with E-state index in [-0.39, 0.29) is 42.7 Å². The van der Waals surface area contributed by atoms with E-state index in [9.17, 15) is 0 Å². The monoisotopic (exact) mass is 1120 g/mol. The Morgan fingerprint density at radius 2 is 1.17 bits per heavy atom. The molecule has 0 unspecified atom stereocenters. The van der Waals surface area contributed by atoms with Gasteiger partial charge in [0.15, 0.2) is 0 Å². The molecule has 1 aliphatic carbocycles. The number of hydrogen-bond acceptors (Lipinski definition) is 4. The van der Waals surface area contributed by atoms with Crippen molar-refractivity contribution in [2.24, 2.45) is 0 Å². The van der Waals surface area contributed by atoms with Crippen molar-refractivity contribution >= 4 is 38.9 Å². The van der Waals surface area contributed by atoms with Crippen LogP contribution in [0.1, 0.15) is 128 Å². The average Bonchev–Trinajstić information content (AvgIpc) is 3.95. The van der Waals surface area contributed by atoms with Gasteiger partial charge in [-0.1, -0.05) is 179 Å². The Balaban J connectivity index is 0.00000560. The van der Waals surface area contributed by atoms with E-state index in [0.717, 1.165) is 44.4 Å². The van der Waals surface area contributed by atoms with Gasteiger partial charge in [-0.15, -0.1) is 35.2 Å². The Kier molecular flexibility index (Phi) is 10.8. The molecular formula is C66H63N4OPt-3. The summed E-state index contributed by atoms with van der Waals surface area (Å²) in [5.74, 6) is 2.06. The van der Waals surface area contributed by atoms with Gasteiger partial charge in [0.05, 0.1) is 0 Å². The van der Waals surface area contributed by atoms with Gasteiger partial charge in [0.2, 0.25) is 0 Å². The van der Waals surface area contributed by atoms with Crippen LogP contribution in [0.5, 0.6) is 11.5 Å². The number of ether oxygens (including phenoxy) is 1. The topological polar surface area (TPSA) is 33.5 Å². The molecule has 0 saturated carbocycles. The smallest absolute Gasteiger partial charge is 0.136 e. The standard InChI is InChI=1S/C66H63N4O.Pt/c1-62(2,3)42-33-48-49-34-43(63(4,5)6)36-53(65(10,11)12)60(49)66(59(48)52(35-42)64(7,8)9)50-29-27-45(38-57(50)69-39-68(13)55-25-19-23-51(66)61(55)69)71-44-26-28-47-46-22-17-18-24-54(46)70(56(47)37-44)58-32-41(30-31-67-58)40-20-15-14-16-21-40;/h14-36,39H,1-13H3;/q-3;. The average molecular weight is 1120 g/mol. The number of benzene rings is 7. The minimum atomic E-state index is -0.679. The van der Waals surface area contributed by atoms with Crippen LogP contribution in [-0.2, 0) is 48.1 Å². The molecule has 0 fully saturated rings. The van der Waals surface area contributed by atoms with Crippen molar-refractivity contribution < 1.29 is 25.8 Å². The molecule has 12 rings (SSSR count). The Morgan fingerprint density at radius 3 is 1.81 bits per heavy atom. The summed E-state index contributed by atoms with van der Waals surface area (Å²) < 4.78 is 9.22. The van der Waals surface area contributed by atoms with Crippen LogP contribution in [0.3, 0.4) is 0 Å². The molecule has 0 radical (unpaired) electrons. The molecule has 7 aromatic carbocycles. The van der Waals surface area contributed by atoms with Crippen LogP contribution in [0.4, 0.5) is 17.1 Å². The van der Waals surface area contributed by atoms with E-state index in [1.54, 1.807) is 0 Å². The second-order valence-electron chi connectivity index (χ2n) is 24.3. The summed E-state index contributed by atoms with van der Waals surface area (Å²) in [6.07, 6.45) is 1.90. The van der Waals surface area contributed by atoms with Gasteiger partial charge >= 0.3 is 0 Å². The molecule has 9 aromatic rings. The van der Waals surface area contributed by atoms with E-state index in [1.165, 1.54) is 67.0 Å². The summed E-state index contributed by atoms with van der Waals surface area (Å²) in [4.78, 5) is 9.58. The van der Waals surface area contributed by atoms with Gasteiger partial charge in [-0.05, 0) is 120 Å². The van der Waals surface area contributed by atoms with E-state index in [2.05, 4.69) is 245 Å². The van der Waals surface area contributed by atoms with E-state index >= 15 is 0 Å². The van der Waals surface area contributed by atoms with E-state index in [0.29, 0.717) is 11.5 Å². The largest absolute Gasteiger partial charge is 0.509 e. The Bertz CT molecular complexity index is 3580. The van der Waals surface area contributed by atoms with E-state index in [1.807, 2.05) is 18.3 Å². The molecule has 3 aliphatic rings. The predicted molar refractivity (Wildman–Crippen MR) is 295 cm³/mol. The fourth-order valence-electron chi connectivity index (χ4n) is 11.9. The number of pyridine rings is 1. The van der Waals surface area contributed by atoms with Crippen LogP contribution in [0, 0.1) is 18.8 Å². The van der Waals surface area contributed by atoms with Crippen LogP contribution < -0.4 is 14.5 Å². The number of hydrogen-bond donors (Lipinski definition) is 0. The molecule has 6 heteroatoms. The van der Waals surface area contributed by atoms with Crippen molar-refractivity contribution in [1.82, 2.24) is 9.55 Å². The van der Waals surface area contributed by atoms with E-state index in [4.69, 9.17) is 9.72 Å². The molecule has 72 heavy (non-hydrogen) atoms. The van der Waals surface area contributed by atoms with E-state index < -0.39 is 5.41 Å².